The van der Waals surface area contributed by atoms with E-state index >= 15 is 0 Å². The molecule has 5 nitrogen and oxygen atoms in total. The highest BCUT2D eigenvalue weighted by molar-refractivity contribution is 5.94. The Morgan fingerprint density at radius 1 is 0.966 bits per heavy atom. The third kappa shape index (κ3) is 3.87. The minimum Gasteiger partial charge on any atom is -0.436 e. The second kappa shape index (κ2) is 7.68. The molecule has 0 spiro atoms. The van der Waals surface area contributed by atoms with Gasteiger partial charge in [0.25, 0.3) is 0 Å². The summed E-state index contributed by atoms with van der Waals surface area (Å²) in [6.07, 6.45) is 3.62. The van der Waals surface area contributed by atoms with Gasteiger partial charge in [0.15, 0.2) is 5.58 Å². The van der Waals surface area contributed by atoms with E-state index in [-0.39, 0.29) is 5.91 Å². The number of fused-ring (bicyclic) bond motifs is 2. The lowest BCUT2D eigenvalue weighted by atomic mass is 10.1. The molecule has 2 heterocycles. The third-order valence-corrected chi connectivity index (χ3v) is 5.48. The molecule has 0 saturated carbocycles. The first kappa shape index (κ1) is 17.9. The maximum absolute atomic E-state index is 12.4. The lowest BCUT2D eigenvalue weighted by Gasteiger charge is -2.25. The first-order valence-electron chi connectivity index (χ1n) is 10.2. The predicted octanol–water partition coefficient (Wildman–Crippen LogP) is 5.07. The first-order valence-corrected chi connectivity index (χ1v) is 10.2. The van der Waals surface area contributed by atoms with Crippen molar-refractivity contribution in [2.24, 2.45) is 0 Å². The maximum atomic E-state index is 12.4. The highest BCUT2D eigenvalue weighted by Crippen LogP contribution is 2.28. The fourth-order valence-corrected chi connectivity index (χ4v) is 3.97. The summed E-state index contributed by atoms with van der Waals surface area (Å²) in [6, 6.07) is 20.0. The normalized spacial score (nSPS) is 15.0. The topological polar surface area (TPSA) is 58.4 Å². The minimum atomic E-state index is 0.0181. The summed E-state index contributed by atoms with van der Waals surface area (Å²) in [5.74, 6) is 0.604. The molecule has 4 aromatic rings. The van der Waals surface area contributed by atoms with Crippen LogP contribution in [0.2, 0.25) is 0 Å². The van der Waals surface area contributed by atoms with E-state index in [2.05, 4.69) is 39.5 Å². The number of benzene rings is 3. The molecule has 1 N–H and O–H groups in total. The maximum Gasteiger partial charge on any atom is 0.238 e. The molecular weight excluding hydrogens is 362 g/mol. The summed E-state index contributed by atoms with van der Waals surface area (Å²) >= 11 is 0. The number of hydrogen-bond donors (Lipinski definition) is 1. The molecule has 0 aliphatic carbocycles. The van der Waals surface area contributed by atoms with Gasteiger partial charge in [0.05, 0.1) is 6.54 Å². The number of carbonyl (C=O) groups is 1. The number of amides is 1. The molecule has 1 aromatic heterocycles. The Bertz CT molecular complexity index is 1180. The van der Waals surface area contributed by atoms with Gasteiger partial charge in [-0.2, -0.15) is 0 Å². The molecule has 5 rings (SSSR count). The van der Waals surface area contributed by atoms with Crippen LogP contribution in [0.15, 0.2) is 65.1 Å². The number of anilines is 1. The van der Waals surface area contributed by atoms with Crippen molar-refractivity contribution < 1.29 is 9.21 Å². The molecule has 0 unspecified atom stereocenters. The molecule has 1 saturated heterocycles. The summed E-state index contributed by atoms with van der Waals surface area (Å²) in [7, 11) is 0. The molecule has 146 valence electrons. The van der Waals surface area contributed by atoms with Crippen molar-refractivity contribution in [1.82, 2.24) is 9.88 Å². The van der Waals surface area contributed by atoms with Gasteiger partial charge in [0, 0.05) is 11.3 Å². The van der Waals surface area contributed by atoms with Crippen LogP contribution in [0.25, 0.3) is 33.3 Å². The van der Waals surface area contributed by atoms with E-state index in [0.717, 1.165) is 35.2 Å². The number of piperidine rings is 1. The fourth-order valence-electron chi connectivity index (χ4n) is 3.97. The number of rotatable bonds is 4. The summed E-state index contributed by atoms with van der Waals surface area (Å²) in [5.41, 5.74) is 3.14. The Morgan fingerprint density at radius 2 is 1.79 bits per heavy atom. The lowest BCUT2D eigenvalue weighted by molar-refractivity contribution is -0.117. The molecule has 1 aliphatic heterocycles. The monoisotopic (exact) mass is 385 g/mol. The van der Waals surface area contributed by atoms with Crippen molar-refractivity contribution in [3.8, 4) is 11.5 Å². The quantitative estimate of drug-likeness (QED) is 0.533. The van der Waals surface area contributed by atoms with Gasteiger partial charge >= 0.3 is 0 Å². The molecule has 29 heavy (non-hydrogen) atoms. The second-order valence-corrected chi connectivity index (χ2v) is 7.65. The van der Waals surface area contributed by atoms with Crippen LogP contribution < -0.4 is 5.32 Å². The molecule has 0 atom stereocenters. The van der Waals surface area contributed by atoms with Crippen molar-refractivity contribution >= 4 is 33.5 Å². The van der Waals surface area contributed by atoms with E-state index < -0.39 is 0 Å². The SMILES string of the molecule is O=C(CN1CCCCC1)Nc1ccc2oc(-c3ccc4ccccc4c3)nc2c1. The van der Waals surface area contributed by atoms with Crippen molar-refractivity contribution in [3.63, 3.8) is 0 Å². The Hall–Kier alpha value is -3.18. The van der Waals surface area contributed by atoms with Crippen LogP contribution in [0.1, 0.15) is 19.3 Å². The average Bonchev–Trinajstić information content (AvgIpc) is 3.17. The molecule has 0 radical (unpaired) electrons. The van der Waals surface area contributed by atoms with Gasteiger partial charge in [-0.1, -0.05) is 36.8 Å². The first-order chi connectivity index (χ1) is 14.2. The average molecular weight is 385 g/mol. The number of aromatic nitrogens is 1. The summed E-state index contributed by atoms with van der Waals surface area (Å²) < 4.78 is 5.95. The predicted molar refractivity (Wildman–Crippen MR) is 116 cm³/mol. The fraction of sp³-hybridized carbons (Fsp3) is 0.250. The molecular formula is C24H23N3O2. The zero-order chi connectivity index (χ0) is 19.6. The van der Waals surface area contributed by atoms with Gasteiger partial charge in [-0.25, -0.2) is 4.98 Å². The van der Waals surface area contributed by atoms with Crippen LogP contribution in [0, 0.1) is 0 Å². The molecule has 3 aromatic carbocycles. The highest BCUT2D eigenvalue weighted by atomic mass is 16.3. The molecule has 1 aliphatic rings. The molecule has 1 amide bonds. The Labute approximate surface area is 169 Å². The van der Waals surface area contributed by atoms with Gasteiger partial charge in [0.1, 0.15) is 5.52 Å². The van der Waals surface area contributed by atoms with Gasteiger partial charge < -0.3 is 9.73 Å². The van der Waals surface area contributed by atoms with Crippen LogP contribution in [-0.2, 0) is 4.79 Å². The Morgan fingerprint density at radius 3 is 2.66 bits per heavy atom. The van der Waals surface area contributed by atoms with Crippen molar-refractivity contribution in [1.29, 1.82) is 0 Å². The van der Waals surface area contributed by atoms with E-state index in [9.17, 15) is 4.79 Å². The highest BCUT2D eigenvalue weighted by Gasteiger charge is 2.15. The van der Waals surface area contributed by atoms with Crippen molar-refractivity contribution in [2.45, 2.75) is 19.3 Å². The van der Waals surface area contributed by atoms with Gasteiger partial charge in [0.2, 0.25) is 11.8 Å². The van der Waals surface area contributed by atoms with Crippen molar-refractivity contribution in [3.05, 3.63) is 60.7 Å². The van der Waals surface area contributed by atoms with Gasteiger partial charge in [-0.05, 0) is 67.0 Å². The number of hydrogen-bond acceptors (Lipinski definition) is 4. The van der Waals surface area contributed by atoms with E-state index in [4.69, 9.17) is 4.42 Å². The van der Waals surface area contributed by atoms with E-state index in [1.807, 2.05) is 36.4 Å². The zero-order valence-electron chi connectivity index (χ0n) is 16.2. The van der Waals surface area contributed by atoms with E-state index in [1.54, 1.807) is 0 Å². The van der Waals surface area contributed by atoms with Crippen molar-refractivity contribution in [2.75, 3.05) is 25.0 Å². The van der Waals surface area contributed by atoms with Crippen LogP contribution in [0.5, 0.6) is 0 Å². The number of nitrogens with zero attached hydrogens (tertiary/aromatic N) is 2. The van der Waals surface area contributed by atoms with E-state index in [1.165, 1.54) is 24.6 Å². The molecule has 5 heteroatoms. The van der Waals surface area contributed by atoms with Crippen LogP contribution in [0.3, 0.4) is 0 Å². The summed E-state index contributed by atoms with van der Waals surface area (Å²) in [5, 5.41) is 5.33. The summed E-state index contributed by atoms with van der Waals surface area (Å²) in [6.45, 7) is 2.45. The number of oxazole rings is 1. The smallest absolute Gasteiger partial charge is 0.238 e. The van der Waals surface area contributed by atoms with Crippen LogP contribution >= 0.6 is 0 Å². The zero-order valence-corrected chi connectivity index (χ0v) is 16.2. The van der Waals surface area contributed by atoms with Crippen LogP contribution in [0.4, 0.5) is 5.69 Å². The Balaban J connectivity index is 1.35. The number of likely N-dealkylation sites (tertiary alicyclic amines) is 1. The van der Waals surface area contributed by atoms with Gasteiger partial charge in [-0.3, -0.25) is 9.69 Å². The van der Waals surface area contributed by atoms with Crippen LogP contribution in [-0.4, -0.2) is 35.4 Å². The Kier molecular flexibility index (Phi) is 4.74. The van der Waals surface area contributed by atoms with Gasteiger partial charge in [-0.15, -0.1) is 0 Å². The molecule has 0 bridgehead atoms. The second-order valence-electron chi connectivity index (χ2n) is 7.65. The standard InChI is InChI=1S/C24H23N3O2/c28-23(16-27-12-4-1-5-13-27)25-20-10-11-22-21(15-20)26-24(29-22)19-9-8-17-6-2-3-7-18(17)14-19/h2-3,6-11,14-15H,1,4-5,12-13,16H2,(H,25,28). The number of carbonyl (C=O) groups excluding carboxylic acids is 1. The summed E-state index contributed by atoms with van der Waals surface area (Å²) in [4.78, 5) is 19.2. The minimum absolute atomic E-state index is 0.0181. The number of nitrogens with one attached hydrogen (secondary N) is 1. The third-order valence-electron chi connectivity index (χ3n) is 5.48. The molecule has 1 fully saturated rings. The lowest BCUT2D eigenvalue weighted by Crippen LogP contribution is -2.36. The largest absolute Gasteiger partial charge is 0.436 e. The van der Waals surface area contributed by atoms with E-state index in [0.29, 0.717) is 18.0 Å².